The van der Waals surface area contributed by atoms with Crippen molar-refractivity contribution in [3.8, 4) is 5.75 Å². The molecule has 0 saturated heterocycles. The first-order chi connectivity index (χ1) is 13.9. The molecule has 3 N–H and O–H groups in total. The quantitative estimate of drug-likeness (QED) is 0.308. The Bertz CT molecular complexity index is 880. The number of ether oxygens (including phenoxy) is 2. The second-order valence-electron chi connectivity index (χ2n) is 5.75. The first kappa shape index (κ1) is 23.1. The number of thiocarbonyl (C=S) groups is 1. The molecule has 0 aliphatic heterocycles. The van der Waals surface area contributed by atoms with Crippen LogP contribution in [0.1, 0.15) is 15.9 Å². The number of methoxy groups -OCH3 is 1. The lowest BCUT2D eigenvalue weighted by Gasteiger charge is -2.12. The molecular weight excluding hydrogens is 482 g/mol. The van der Waals surface area contributed by atoms with E-state index in [1.807, 2.05) is 0 Å². The minimum Gasteiger partial charge on any atom is -0.490 e. The van der Waals surface area contributed by atoms with Gasteiger partial charge in [-0.25, -0.2) is 0 Å². The van der Waals surface area contributed by atoms with Crippen LogP contribution in [0.4, 0.5) is 0 Å². The minimum atomic E-state index is -0.432. The number of amides is 2. The molecule has 0 fully saturated rings. The van der Waals surface area contributed by atoms with E-state index in [9.17, 15) is 9.59 Å². The molecule has 0 radical (unpaired) electrons. The van der Waals surface area contributed by atoms with Crippen molar-refractivity contribution in [3.05, 3.63) is 63.1 Å². The number of rotatable bonds is 7. The largest absolute Gasteiger partial charge is 0.490 e. The van der Waals surface area contributed by atoms with E-state index in [4.69, 9.17) is 33.3 Å². The van der Waals surface area contributed by atoms with Crippen molar-refractivity contribution >= 4 is 56.7 Å². The van der Waals surface area contributed by atoms with Gasteiger partial charge in [0.25, 0.3) is 5.91 Å². The van der Waals surface area contributed by atoms with E-state index in [0.29, 0.717) is 34.0 Å². The van der Waals surface area contributed by atoms with Crippen LogP contribution in [0, 0.1) is 0 Å². The van der Waals surface area contributed by atoms with Crippen LogP contribution in [0.15, 0.2) is 46.9 Å². The Morgan fingerprint density at radius 2 is 1.83 bits per heavy atom. The summed E-state index contributed by atoms with van der Waals surface area (Å²) in [5.74, 6) is -0.156. The van der Waals surface area contributed by atoms with Crippen molar-refractivity contribution in [1.82, 2.24) is 16.2 Å². The maximum Gasteiger partial charge on any atom is 0.257 e. The van der Waals surface area contributed by atoms with Gasteiger partial charge in [0, 0.05) is 17.7 Å². The summed E-state index contributed by atoms with van der Waals surface area (Å²) < 4.78 is 11.1. The molecule has 0 spiro atoms. The number of hydrogen-bond donors (Lipinski definition) is 3. The molecule has 29 heavy (non-hydrogen) atoms. The fourth-order valence-corrected chi connectivity index (χ4v) is 2.92. The van der Waals surface area contributed by atoms with Crippen LogP contribution in [0.5, 0.6) is 5.75 Å². The molecule has 0 aliphatic rings. The highest BCUT2D eigenvalue weighted by Crippen LogP contribution is 2.26. The molecule has 2 aromatic carbocycles. The zero-order valence-electron chi connectivity index (χ0n) is 15.5. The van der Waals surface area contributed by atoms with Crippen LogP contribution in [-0.2, 0) is 16.0 Å². The summed E-state index contributed by atoms with van der Waals surface area (Å²) in [6.45, 7) is 0.850. The minimum absolute atomic E-state index is 0.0315. The van der Waals surface area contributed by atoms with Gasteiger partial charge in [-0.2, -0.15) is 0 Å². The summed E-state index contributed by atoms with van der Waals surface area (Å²) in [6, 6.07) is 11.8. The van der Waals surface area contributed by atoms with Crippen LogP contribution in [0.25, 0.3) is 0 Å². The zero-order valence-corrected chi connectivity index (χ0v) is 18.6. The summed E-state index contributed by atoms with van der Waals surface area (Å²) in [6.07, 6.45) is 0.137. The van der Waals surface area contributed by atoms with E-state index in [2.05, 4.69) is 32.1 Å². The Kier molecular flexibility index (Phi) is 9.33. The van der Waals surface area contributed by atoms with Crippen LogP contribution in [0.3, 0.4) is 0 Å². The third kappa shape index (κ3) is 7.98. The Morgan fingerprint density at radius 1 is 1.10 bits per heavy atom. The van der Waals surface area contributed by atoms with Crippen molar-refractivity contribution in [2.24, 2.45) is 0 Å². The Hall–Kier alpha value is -2.20. The van der Waals surface area contributed by atoms with Gasteiger partial charge in [0.2, 0.25) is 5.91 Å². The Balaban J connectivity index is 1.80. The molecule has 2 rings (SSSR count). The highest BCUT2D eigenvalue weighted by molar-refractivity contribution is 9.10. The number of carbonyl (C=O) groups excluding carboxylic acids is 2. The van der Waals surface area contributed by atoms with Crippen molar-refractivity contribution < 1.29 is 19.1 Å². The van der Waals surface area contributed by atoms with E-state index in [1.165, 1.54) is 0 Å². The molecule has 0 aliphatic carbocycles. The SMILES string of the molecule is COCCOc1ccc(C(=O)NC(=S)NNC(=O)Cc2ccc(Cl)cc2)cc1Br. The van der Waals surface area contributed by atoms with E-state index >= 15 is 0 Å². The number of nitrogens with one attached hydrogen (secondary N) is 3. The third-order valence-corrected chi connectivity index (χ3v) is 4.64. The highest BCUT2D eigenvalue weighted by atomic mass is 79.9. The molecule has 0 unspecified atom stereocenters. The second kappa shape index (κ2) is 11.7. The predicted molar refractivity (Wildman–Crippen MR) is 118 cm³/mol. The molecule has 0 heterocycles. The lowest BCUT2D eigenvalue weighted by Crippen LogP contribution is -2.48. The average Bonchev–Trinajstić information content (AvgIpc) is 2.69. The number of halogens is 2. The lowest BCUT2D eigenvalue weighted by atomic mass is 10.1. The molecule has 0 atom stereocenters. The summed E-state index contributed by atoms with van der Waals surface area (Å²) >= 11 is 14.2. The molecular formula is C19H19BrClN3O4S. The average molecular weight is 501 g/mol. The molecule has 154 valence electrons. The van der Waals surface area contributed by atoms with Crippen molar-refractivity contribution in [2.75, 3.05) is 20.3 Å². The molecule has 10 heteroatoms. The van der Waals surface area contributed by atoms with Gasteiger partial charge >= 0.3 is 0 Å². The van der Waals surface area contributed by atoms with Crippen LogP contribution >= 0.6 is 39.7 Å². The molecule has 0 aromatic heterocycles. The summed E-state index contributed by atoms with van der Waals surface area (Å²) in [5, 5.41) is 3.05. The summed E-state index contributed by atoms with van der Waals surface area (Å²) in [7, 11) is 1.59. The summed E-state index contributed by atoms with van der Waals surface area (Å²) in [4.78, 5) is 24.2. The number of hydrogen-bond acceptors (Lipinski definition) is 5. The fourth-order valence-electron chi connectivity index (χ4n) is 2.16. The molecule has 0 saturated carbocycles. The maximum absolute atomic E-state index is 12.3. The van der Waals surface area contributed by atoms with Gasteiger partial charge in [-0.1, -0.05) is 23.7 Å². The van der Waals surface area contributed by atoms with E-state index < -0.39 is 5.91 Å². The first-order valence-electron chi connectivity index (χ1n) is 8.45. The monoisotopic (exact) mass is 499 g/mol. The van der Waals surface area contributed by atoms with E-state index in [-0.39, 0.29) is 17.4 Å². The smallest absolute Gasteiger partial charge is 0.257 e. The lowest BCUT2D eigenvalue weighted by molar-refractivity contribution is -0.121. The van der Waals surface area contributed by atoms with E-state index in [0.717, 1.165) is 5.56 Å². The first-order valence-corrected chi connectivity index (χ1v) is 10.0. The van der Waals surface area contributed by atoms with Crippen LogP contribution < -0.4 is 20.9 Å². The topological polar surface area (TPSA) is 88.7 Å². The molecule has 2 aromatic rings. The molecule has 2 amide bonds. The van der Waals surface area contributed by atoms with Crippen molar-refractivity contribution in [2.45, 2.75) is 6.42 Å². The van der Waals surface area contributed by atoms with Gasteiger partial charge in [0.15, 0.2) is 5.11 Å². The zero-order chi connectivity index (χ0) is 21.2. The van der Waals surface area contributed by atoms with Gasteiger partial charge < -0.3 is 9.47 Å². The van der Waals surface area contributed by atoms with Crippen molar-refractivity contribution in [3.63, 3.8) is 0 Å². The van der Waals surface area contributed by atoms with Gasteiger partial charge in [-0.3, -0.25) is 25.8 Å². The van der Waals surface area contributed by atoms with Gasteiger partial charge in [0.05, 0.1) is 17.5 Å². The maximum atomic E-state index is 12.3. The Labute approximate surface area is 187 Å². The highest BCUT2D eigenvalue weighted by Gasteiger charge is 2.11. The molecule has 7 nitrogen and oxygen atoms in total. The number of carbonyl (C=O) groups is 2. The normalized spacial score (nSPS) is 10.2. The van der Waals surface area contributed by atoms with Gasteiger partial charge in [0.1, 0.15) is 12.4 Å². The fraction of sp³-hybridized carbons (Fsp3) is 0.211. The molecule has 0 bridgehead atoms. The number of benzene rings is 2. The number of hydrazine groups is 1. The summed E-state index contributed by atoms with van der Waals surface area (Å²) in [5.41, 5.74) is 6.09. The predicted octanol–water partition coefficient (Wildman–Crippen LogP) is 3.01. The van der Waals surface area contributed by atoms with Crippen molar-refractivity contribution in [1.29, 1.82) is 0 Å². The van der Waals surface area contributed by atoms with E-state index in [1.54, 1.807) is 49.6 Å². The van der Waals surface area contributed by atoms with Crippen LogP contribution in [0.2, 0.25) is 5.02 Å². The Morgan fingerprint density at radius 3 is 2.48 bits per heavy atom. The van der Waals surface area contributed by atoms with Gasteiger partial charge in [-0.15, -0.1) is 0 Å². The standard InChI is InChI=1S/C19H19BrClN3O4S/c1-27-8-9-28-16-7-4-13(11-15(16)20)18(26)22-19(29)24-23-17(25)10-12-2-5-14(21)6-3-12/h2-7,11H,8-10H2,1H3,(H,23,25)(H2,22,24,26,29). The second-order valence-corrected chi connectivity index (χ2v) is 7.45. The van der Waals surface area contributed by atoms with Gasteiger partial charge in [-0.05, 0) is 64.0 Å². The van der Waals surface area contributed by atoms with Crippen LogP contribution in [-0.4, -0.2) is 37.3 Å². The third-order valence-electron chi connectivity index (χ3n) is 3.56.